The smallest absolute Gasteiger partial charge is 0.141 e. The number of halogens is 2. The first kappa shape index (κ1) is 9.17. The molecule has 1 rings (SSSR count). The molecule has 0 aliphatic heterocycles. The number of benzene rings is 1. The number of thiocyanates is 1. The van der Waals surface area contributed by atoms with Gasteiger partial charge < -0.3 is 5.73 Å². The maximum Gasteiger partial charge on any atom is 0.141 e. The Morgan fingerprint density at radius 2 is 2.25 bits per heavy atom. The highest BCUT2D eigenvalue weighted by molar-refractivity contribution is 8.03. The van der Waals surface area contributed by atoms with Gasteiger partial charge in [-0.15, -0.1) is 0 Å². The molecule has 0 aliphatic carbocycles. The van der Waals surface area contributed by atoms with Crippen LogP contribution in [0, 0.1) is 16.5 Å². The number of hydrogen-bond acceptors (Lipinski definition) is 3. The molecule has 0 aliphatic rings. The number of nitriles is 1. The molecule has 0 saturated carbocycles. The Morgan fingerprint density at radius 3 is 2.75 bits per heavy atom. The minimum absolute atomic E-state index is 0.119. The van der Waals surface area contributed by atoms with Gasteiger partial charge in [0.15, 0.2) is 0 Å². The molecule has 2 nitrogen and oxygen atoms in total. The molecule has 0 spiro atoms. The van der Waals surface area contributed by atoms with Gasteiger partial charge in [-0.3, -0.25) is 0 Å². The Balaban J connectivity index is 3.21. The van der Waals surface area contributed by atoms with Crippen molar-refractivity contribution >= 4 is 29.1 Å². The van der Waals surface area contributed by atoms with Crippen LogP contribution in [0.1, 0.15) is 0 Å². The van der Waals surface area contributed by atoms with Gasteiger partial charge in [-0.2, -0.15) is 5.26 Å². The lowest BCUT2D eigenvalue weighted by Crippen LogP contribution is -1.88. The lowest BCUT2D eigenvalue weighted by molar-refractivity contribution is 0.603. The minimum atomic E-state index is -0.563. The van der Waals surface area contributed by atoms with E-state index in [0.717, 1.165) is 6.07 Å². The van der Waals surface area contributed by atoms with Crippen molar-refractivity contribution in [3.05, 3.63) is 23.0 Å². The zero-order valence-corrected chi connectivity index (χ0v) is 7.42. The van der Waals surface area contributed by atoms with Crippen LogP contribution in [-0.4, -0.2) is 0 Å². The van der Waals surface area contributed by atoms with Crippen molar-refractivity contribution in [1.82, 2.24) is 0 Å². The molecule has 0 amide bonds. The van der Waals surface area contributed by atoms with Gasteiger partial charge in [0.2, 0.25) is 0 Å². The molecule has 5 heteroatoms. The number of thioether (sulfide) groups is 1. The number of nitrogens with two attached hydrogens (primary N) is 1. The van der Waals surface area contributed by atoms with Crippen LogP contribution in [-0.2, 0) is 0 Å². The van der Waals surface area contributed by atoms with E-state index in [1.807, 2.05) is 0 Å². The van der Waals surface area contributed by atoms with E-state index in [9.17, 15) is 4.39 Å². The Kier molecular flexibility index (Phi) is 2.79. The summed E-state index contributed by atoms with van der Waals surface area (Å²) in [5.41, 5.74) is 5.56. The van der Waals surface area contributed by atoms with Crippen LogP contribution >= 0.6 is 23.4 Å². The van der Waals surface area contributed by atoms with E-state index >= 15 is 0 Å². The molecule has 0 saturated heterocycles. The SMILES string of the molecule is N#CSc1c(F)cc(N)cc1Cl. The second-order valence-corrected chi connectivity index (χ2v) is 3.21. The highest BCUT2D eigenvalue weighted by Gasteiger charge is 2.08. The third kappa shape index (κ3) is 1.81. The zero-order valence-electron chi connectivity index (χ0n) is 5.84. The van der Waals surface area contributed by atoms with Gasteiger partial charge in [0.05, 0.1) is 9.92 Å². The van der Waals surface area contributed by atoms with Gasteiger partial charge in [0.25, 0.3) is 0 Å². The van der Waals surface area contributed by atoms with Gasteiger partial charge in [0, 0.05) is 5.69 Å². The van der Waals surface area contributed by atoms with Crippen LogP contribution in [0.15, 0.2) is 17.0 Å². The van der Waals surface area contributed by atoms with Crippen LogP contribution in [0.5, 0.6) is 0 Å². The van der Waals surface area contributed by atoms with Crippen LogP contribution < -0.4 is 5.73 Å². The average molecular weight is 203 g/mol. The van der Waals surface area contributed by atoms with Gasteiger partial charge in [-0.1, -0.05) is 11.6 Å². The van der Waals surface area contributed by atoms with Crippen LogP contribution in [0.4, 0.5) is 10.1 Å². The number of rotatable bonds is 1. The Bertz CT molecular complexity index is 325. The summed E-state index contributed by atoms with van der Waals surface area (Å²) in [6.45, 7) is 0. The summed E-state index contributed by atoms with van der Waals surface area (Å²) < 4.78 is 13.0. The quantitative estimate of drug-likeness (QED) is 0.433. The first-order valence-electron chi connectivity index (χ1n) is 2.95. The fourth-order valence-electron chi connectivity index (χ4n) is 0.723. The highest BCUT2D eigenvalue weighted by Crippen LogP contribution is 2.30. The molecule has 62 valence electrons. The number of anilines is 1. The Labute approximate surface area is 78.1 Å². The van der Waals surface area contributed by atoms with E-state index in [0.29, 0.717) is 11.8 Å². The van der Waals surface area contributed by atoms with E-state index in [-0.39, 0.29) is 15.6 Å². The van der Waals surface area contributed by atoms with Gasteiger partial charge >= 0.3 is 0 Å². The highest BCUT2D eigenvalue weighted by atomic mass is 35.5. The van der Waals surface area contributed by atoms with Crippen molar-refractivity contribution in [3.8, 4) is 5.40 Å². The average Bonchev–Trinajstić information content (AvgIpc) is 1.96. The minimum Gasteiger partial charge on any atom is -0.399 e. The van der Waals surface area contributed by atoms with E-state index in [1.165, 1.54) is 6.07 Å². The summed E-state index contributed by atoms with van der Waals surface area (Å²) in [7, 11) is 0. The van der Waals surface area contributed by atoms with E-state index in [4.69, 9.17) is 22.6 Å². The van der Waals surface area contributed by atoms with Crippen molar-refractivity contribution < 1.29 is 4.39 Å². The second-order valence-electron chi connectivity index (χ2n) is 2.01. The standard InChI is InChI=1S/C7H4ClFN2S/c8-5-1-4(11)2-6(9)7(5)12-3-10/h1-2H,11H2. The number of hydrogen-bond donors (Lipinski definition) is 1. The zero-order chi connectivity index (χ0) is 9.14. The molecule has 0 atom stereocenters. The molecule has 1 aromatic rings. The van der Waals surface area contributed by atoms with Crippen LogP contribution in [0.3, 0.4) is 0 Å². The summed E-state index contributed by atoms with van der Waals surface area (Å²) >= 11 is 6.30. The summed E-state index contributed by atoms with van der Waals surface area (Å²) in [5.74, 6) is -0.563. The molecule has 0 bridgehead atoms. The van der Waals surface area contributed by atoms with Crippen LogP contribution in [0.25, 0.3) is 0 Å². The lowest BCUT2D eigenvalue weighted by atomic mass is 10.3. The topological polar surface area (TPSA) is 49.8 Å². The molecule has 0 heterocycles. The number of nitrogen functional groups attached to an aromatic ring is 1. The molecule has 0 unspecified atom stereocenters. The van der Waals surface area contributed by atoms with Crippen molar-refractivity contribution in [2.75, 3.05) is 5.73 Å². The molecule has 2 N–H and O–H groups in total. The summed E-state index contributed by atoms with van der Waals surface area (Å²) in [4.78, 5) is 0.119. The third-order valence-electron chi connectivity index (χ3n) is 1.17. The summed E-state index contributed by atoms with van der Waals surface area (Å²) in [5, 5.41) is 10.2. The van der Waals surface area contributed by atoms with Crippen molar-refractivity contribution in [2.24, 2.45) is 0 Å². The first-order valence-corrected chi connectivity index (χ1v) is 4.15. The van der Waals surface area contributed by atoms with Gasteiger partial charge in [-0.25, -0.2) is 4.39 Å². The number of nitrogens with zero attached hydrogens (tertiary/aromatic N) is 1. The fraction of sp³-hybridized carbons (Fsp3) is 0. The molecular weight excluding hydrogens is 199 g/mol. The largest absolute Gasteiger partial charge is 0.399 e. The van der Waals surface area contributed by atoms with Crippen molar-refractivity contribution in [1.29, 1.82) is 5.26 Å². The van der Waals surface area contributed by atoms with Gasteiger partial charge in [-0.05, 0) is 23.9 Å². The fourth-order valence-corrected chi connectivity index (χ4v) is 1.46. The predicted molar refractivity (Wildman–Crippen MR) is 47.3 cm³/mol. The normalized spacial score (nSPS) is 9.42. The predicted octanol–water partition coefficient (Wildman–Crippen LogP) is 2.63. The Hall–Kier alpha value is -0.920. The second kappa shape index (κ2) is 3.65. The van der Waals surface area contributed by atoms with E-state index < -0.39 is 5.82 Å². The molecule has 0 radical (unpaired) electrons. The molecule has 0 aromatic heterocycles. The maximum atomic E-state index is 13.0. The molecule has 12 heavy (non-hydrogen) atoms. The first-order chi connectivity index (χ1) is 5.65. The van der Waals surface area contributed by atoms with Crippen molar-refractivity contribution in [2.45, 2.75) is 4.90 Å². The summed E-state index contributed by atoms with van der Waals surface area (Å²) in [6.07, 6.45) is 0. The molecule has 1 aromatic carbocycles. The van der Waals surface area contributed by atoms with Crippen LogP contribution in [0.2, 0.25) is 5.02 Å². The van der Waals surface area contributed by atoms with E-state index in [1.54, 1.807) is 5.40 Å². The summed E-state index contributed by atoms with van der Waals surface area (Å²) in [6, 6.07) is 2.54. The van der Waals surface area contributed by atoms with Gasteiger partial charge in [0.1, 0.15) is 11.2 Å². The van der Waals surface area contributed by atoms with Crippen molar-refractivity contribution in [3.63, 3.8) is 0 Å². The lowest BCUT2D eigenvalue weighted by Gasteiger charge is -2.01. The maximum absolute atomic E-state index is 13.0. The molecular formula is C7H4ClFN2S. The molecule has 0 fully saturated rings. The van der Waals surface area contributed by atoms with E-state index in [2.05, 4.69) is 0 Å². The third-order valence-corrected chi connectivity index (χ3v) is 2.29. The Morgan fingerprint density at radius 1 is 1.58 bits per heavy atom. The monoisotopic (exact) mass is 202 g/mol.